The van der Waals surface area contributed by atoms with Gasteiger partial charge in [0.25, 0.3) is 0 Å². The fourth-order valence-corrected chi connectivity index (χ4v) is 3.12. The molecular formula is C23H25BrF2N2O3. The van der Waals surface area contributed by atoms with E-state index >= 15 is 0 Å². The summed E-state index contributed by atoms with van der Waals surface area (Å²) in [5, 5.41) is 12.6. The zero-order valence-electron chi connectivity index (χ0n) is 18.0. The highest BCUT2D eigenvalue weighted by Gasteiger charge is 2.24. The molecule has 166 valence electrons. The second-order valence-electron chi connectivity index (χ2n) is 8.55. The van der Waals surface area contributed by atoms with Gasteiger partial charge in [-0.15, -0.1) is 0 Å². The molecule has 0 saturated carbocycles. The number of carbonyl (C=O) groups excluding carboxylic acids is 1. The molecule has 0 bridgehead atoms. The van der Waals surface area contributed by atoms with Gasteiger partial charge in [-0.05, 0) is 92.7 Å². The fraction of sp³-hybridized carbons (Fsp3) is 0.391. The maximum absolute atomic E-state index is 13.7. The number of hydrogen-bond acceptors (Lipinski definition) is 4. The van der Waals surface area contributed by atoms with Gasteiger partial charge in [0.15, 0.2) is 0 Å². The average Bonchev–Trinajstić information content (AvgIpc) is 2.57. The van der Waals surface area contributed by atoms with Crippen LogP contribution in [0.2, 0.25) is 0 Å². The highest BCUT2D eigenvalue weighted by Crippen LogP contribution is 2.26. The second-order valence-corrected chi connectivity index (χ2v) is 9.41. The SMILES string of the molecule is CC(C)(O)C#Cc1ccc(Br)c([C@H](Cc2cc(F)cc(F)c2)NC(=O)OC(C)(C)C)n1. The zero-order valence-corrected chi connectivity index (χ0v) is 19.6. The third kappa shape index (κ3) is 8.64. The van der Waals surface area contributed by atoms with Crippen molar-refractivity contribution in [2.24, 2.45) is 0 Å². The van der Waals surface area contributed by atoms with E-state index < -0.39 is 35.0 Å². The van der Waals surface area contributed by atoms with Crippen LogP contribution in [0.3, 0.4) is 0 Å². The number of halogens is 3. The van der Waals surface area contributed by atoms with Gasteiger partial charge in [0, 0.05) is 10.5 Å². The van der Waals surface area contributed by atoms with Crippen LogP contribution in [-0.2, 0) is 11.2 Å². The van der Waals surface area contributed by atoms with Crippen LogP contribution in [0.15, 0.2) is 34.8 Å². The summed E-state index contributed by atoms with van der Waals surface area (Å²) in [5.74, 6) is 4.02. The molecule has 8 heteroatoms. The van der Waals surface area contributed by atoms with Crippen molar-refractivity contribution in [2.45, 2.75) is 58.3 Å². The Morgan fingerprint density at radius 2 is 1.81 bits per heavy atom. The Kier molecular flexibility index (Phi) is 7.79. The van der Waals surface area contributed by atoms with Gasteiger partial charge in [-0.3, -0.25) is 0 Å². The van der Waals surface area contributed by atoms with Gasteiger partial charge < -0.3 is 15.2 Å². The predicted octanol–water partition coefficient (Wildman–Crippen LogP) is 5.05. The number of alkyl carbamates (subject to hydrolysis) is 1. The van der Waals surface area contributed by atoms with E-state index in [0.717, 1.165) is 6.07 Å². The summed E-state index contributed by atoms with van der Waals surface area (Å²) < 4.78 is 33.3. The van der Waals surface area contributed by atoms with E-state index in [2.05, 4.69) is 38.1 Å². The van der Waals surface area contributed by atoms with Crippen LogP contribution in [0.25, 0.3) is 0 Å². The van der Waals surface area contributed by atoms with Crippen molar-refractivity contribution in [3.8, 4) is 11.8 Å². The third-order valence-corrected chi connectivity index (χ3v) is 4.42. The second kappa shape index (κ2) is 9.75. The summed E-state index contributed by atoms with van der Waals surface area (Å²) >= 11 is 3.41. The molecule has 1 heterocycles. The quantitative estimate of drug-likeness (QED) is 0.583. The number of amides is 1. The van der Waals surface area contributed by atoms with Crippen molar-refractivity contribution in [2.75, 3.05) is 0 Å². The largest absolute Gasteiger partial charge is 0.444 e. The van der Waals surface area contributed by atoms with Crippen LogP contribution in [0.4, 0.5) is 13.6 Å². The minimum atomic E-state index is -1.21. The highest BCUT2D eigenvalue weighted by molar-refractivity contribution is 9.10. The molecule has 0 radical (unpaired) electrons. The molecule has 1 aromatic carbocycles. The lowest BCUT2D eigenvalue weighted by Gasteiger charge is -2.24. The summed E-state index contributed by atoms with van der Waals surface area (Å²) in [6, 6.07) is 5.75. The Morgan fingerprint density at radius 3 is 2.35 bits per heavy atom. The van der Waals surface area contributed by atoms with Crippen LogP contribution in [0.5, 0.6) is 0 Å². The monoisotopic (exact) mass is 494 g/mol. The Morgan fingerprint density at radius 1 is 1.19 bits per heavy atom. The number of aliphatic hydroxyl groups is 1. The Balaban J connectivity index is 2.45. The van der Waals surface area contributed by atoms with Crippen molar-refractivity contribution < 1.29 is 23.4 Å². The van der Waals surface area contributed by atoms with Gasteiger partial charge in [-0.1, -0.05) is 5.92 Å². The molecule has 0 aliphatic heterocycles. The standard InChI is InChI=1S/C23H25BrF2N2O3/c1-22(2,3)31-21(29)28-19(12-14-10-15(25)13-16(26)11-14)20-18(24)7-6-17(27-20)8-9-23(4,5)30/h6-7,10-11,13,19,30H,12H2,1-5H3,(H,28,29)/t19-/m0/s1. The van der Waals surface area contributed by atoms with Crippen molar-refractivity contribution in [3.63, 3.8) is 0 Å². The summed E-state index contributed by atoms with van der Waals surface area (Å²) in [4.78, 5) is 16.9. The van der Waals surface area contributed by atoms with Gasteiger partial charge in [0.1, 0.15) is 28.5 Å². The van der Waals surface area contributed by atoms with E-state index in [4.69, 9.17) is 4.74 Å². The van der Waals surface area contributed by atoms with E-state index in [-0.39, 0.29) is 6.42 Å². The first-order valence-corrected chi connectivity index (χ1v) is 10.4. The number of nitrogens with zero attached hydrogens (tertiary/aromatic N) is 1. The number of aromatic nitrogens is 1. The molecule has 0 fully saturated rings. The molecule has 2 rings (SSSR count). The fourth-order valence-electron chi connectivity index (χ4n) is 2.62. The van der Waals surface area contributed by atoms with Crippen molar-refractivity contribution >= 4 is 22.0 Å². The summed E-state index contributed by atoms with van der Waals surface area (Å²) in [7, 11) is 0. The number of ether oxygens (including phenoxy) is 1. The van der Waals surface area contributed by atoms with Gasteiger partial charge in [-0.25, -0.2) is 18.6 Å². The van der Waals surface area contributed by atoms with Crippen LogP contribution in [0, 0.1) is 23.5 Å². The zero-order chi connectivity index (χ0) is 23.4. The van der Waals surface area contributed by atoms with Gasteiger partial charge in [0.05, 0.1) is 11.7 Å². The van der Waals surface area contributed by atoms with Crippen LogP contribution >= 0.6 is 15.9 Å². The van der Waals surface area contributed by atoms with Crippen molar-refractivity contribution in [1.29, 1.82) is 0 Å². The third-order valence-electron chi connectivity index (χ3n) is 3.75. The van der Waals surface area contributed by atoms with Crippen LogP contribution in [-0.4, -0.2) is 27.4 Å². The Bertz CT molecular complexity index is 998. The minimum Gasteiger partial charge on any atom is -0.444 e. The molecule has 0 spiro atoms. The number of carbonyl (C=O) groups is 1. The molecule has 0 saturated heterocycles. The maximum Gasteiger partial charge on any atom is 0.408 e. The Hall–Kier alpha value is -2.50. The van der Waals surface area contributed by atoms with Gasteiger partial charge in [0.2, 0.25) is 0 Å². The molecule has 0 unspecified atom stereocenters. The van der Waals surface area contributed by atoms with E-state index in [1.807, 2.05) is 0 Å². The molecule has 1 atom stereocenters. The van der Waals surface area contributed by atoms with Crippen LogP contribution in [0.1, 0.15) is 57.6 Å². The van der Waals surface area contributed by atoms with Gasteiger partial charge in [-0.2, -0.15) is 0 Å². The van der Waals surface area contributed by atoms with E-state index in [1.54, 1.807) is 46.8 Å². The van der Waals surface area contributed by atoms with Crippen LogP contribution < -0.4 is 5.32 Å². The normalized spacial score (nSPS) is 12.5. The number of pyridine rings is 1. The highest BCUT2D eigenvalue weighted by atomic mass is 79.9. The number of rotatable bonds is 4. The molecule has 1 aromatic heterocycles. The topological polar surface area (TPSA) is 71.5 Å². The first-order chi connectivity index (χ1) is 14.2. The lowest BCUT2D eigenvalue weighted by Crippen LogP contribution is -2.36. The summed E-state index contributed by atoms with van der Waals surface area (Å²) in [6.45, 7) is 8.27. The molecule has 31 heavy (non-hydrogen) atoms. The van der Waals surface area contributed by atoms with Crippen molar-refractivity contribution in [3.05, 3.63) is 63.4 Å². The average molecular weight is 495 g/mol. The van der Waals surface area contributed by atoms with Gasteiger partial charge >= 0.3 is 6.09 Å². The first-order valence-electron chi connectivity index (χ1n) is 9.58. The molecular weight excluding hydrogens is 470 g/mol. The smallest absolute Gasteiger partial charge is 0.408 e. The molecule has 2 N–H and O–H groups in total. The number of benzene rings is 1. The lowest BCUT2D eigenvalue weighted by atomic mass is 10.0. The summed E-state index contributed by atoms with van der Waals surface area (Å²) in [5.41, 5.74) is -0.841. The molecule has 5 nitrogen and oxygen atoms in total. The number of hydrogen-bond donors (Lipinski definition) is 2. The molecule has 0 aliphatic carbocycles. The predicted molar refractivity (Wildman–Crippen MR) is 117 cm³/mol. The maximum atomic E-state index is 13.7. The molecule has 0 aliphatic rings. The molecule has 2 aromatic rings. The van der Waals surface area contributed by atoms with E-state index in [9.17, 15) is 18.7 Å². The minimum absolute atomic E-state index is 0.0574. The number of nitrogens with one attached hydrogen (secondary N) is 1. The Labute approximate surface area is 189 Å². The first kappa shape index (κ1) is 24.8. The molecule has 1 amide bonds. The van der Waals surface area contributed by atoms with E-state index in [0.29, 0.717) is 21.4 Å². The van der Waals surface area contributed by atoms with Crippen molar-refractivity contribution in [1.82, 2.24) is 10.3 Å². The van der Waals surface area contributed by atoms with E-state index in [1.165, 1.54) is 12.1 Å². The summed E-state index contributed by atoms with van der Waals surface area (Å²) in [6.07, 6.45) is -0.641. The lowest BCUT2D eigenvalue weighted by molar-refractivity contribution is 0.0502.